The average molecular weight is 603 g/mol. The molecule has 0 saturated carbocycles. The predicted molar refractivity (Wildman–Crippen MR) is 165 cm³/mol. The van der Waals surface area contributed by atoms with E-state index in [4.69, 9.17) is 9.73 Å². The van der Waals surface area contributed by atoms with Crippen LogP contribution in [0.4, 0.5) is 11.4 Å². The number of hydrogen-bond donors (Lipinski definition) is 0. The van der Waals surface area contributed by atoms with Gasteiger partial charge in [-0.3, -0.25) is 29.6 Å². The molecule has 1 aliphatic heterocycles. The van der Waals surface area contributed by atoms with Crippen molar-refractivity contribution in [2.45, 2.75) is 18.9 Å². The van der Waals surface area contributed by atoms with Crippen LogP contribution in [0.5, 0.6) is 11.5 Å². The summed E-state index contributed by atoms with van der Waals surface area (Å²) in [6.45, 7) is 0. The van der Waals surface area contributed by atoms with Crippen LogP contribution in [0.25, 0.3) is 11.8 Å². The highest BCUT2D eigenvalue weighted by Gasteiger charge is 2.32. The highest BCUT2D eigenvalue weighted by molar-refractivity contribution is 7.07. The monoisotopic (exact) mass is 602 g/mol. The Morgan fingerprint density at radius 3 is 2.39 bits per heavy atom. The van der Waals surface area contributed by atoms with Gasteiger partial charge in [0, 0.05) is 11.6 Å². The molecule has 0 spiro atoms. The Balaban J connectivity index is 1.27. The quantitative estimate of drug-likeness (QED) is 0.175. The molecular formula is C33H22N4O6S. The summed E-state index contributed by atoms with van der Waals surface area (Å²) < 4.78 is 8.01. The standard InChI is InChI=1S/C33H22N4O6S/c38-32-29(18-20-10-14-24(15-11-20)43-28-17-13-23(36(39)40)19-27(28)37(41)42)44-33-34-30-25-9-5-4-6-21(25)12-16-26(30)31(35(32)33)22-7-2-1-3-8-22/h1-11,13-15,17-19,31H,12,16H2/b29-18+/t31-/m0/s1. The number of aryl methyl sites for hydroxylation is 1. The molecule has 1 aromatic heterocycles. The lowest BCUT2D eigenvalue weighted by Gasteiger charge is -2.30. The molecule has 7 rings (SSSR count). The number of non-ortho nitro benzene ring substituents is 1. The van der Waals surface area contributed by atoms with Gasteiger partial charge in [0.15, 0.2) is 4.80 Å². The summed E-state index contributed by atoms with van der Waals surface area (Å²) in [5.74, 6) is 0.184. The maximum Gasteiger partial charge on any atom is 0.318 e. The predicted octanol–water partition coefficient (Wildman–Crippen LogP) is 5.93. The minimum atomic E-state index is -0.727. The van der Waals surface area contributed by atoms with E-state index in [2.05, 4.69) is 12.1 Å². The smallest absolute Gasteiger partial charge is 0.318 e. The molecule has 0 N–H and O–H groups in total. The summed E-state index contributed by atoms with van der Waals surface area (Å²) in [4.78, 5) is 40.7. The van der Waals surface area contributed by atoms with E-state index in [0.717, 1.165) is 52.9 Å². The van der Waals surface area contributed by atoms with Crippen molar-refractivity contribution in [1.82, 2.24) is 4.57 Å². The first kappa shape index (κ1) is 27.2. The van der Waals surface area contributed by atoms with Gasteiger partial charge in [0.05, 0.1) is 32.2 Å². The molecule has 10 nitrogen and oxygen atoms in total. The normalized spacial score (nSPS) is 15.5. The highest BCUT2D eigenvalue weighted by atomic mass is 32.1. The lowest BCUT2D eigenvalue weighted by atomic mass is 9.83. The van der Waals surface area contributed by atoms with Crippen LogP contribution in [0.2, 0.25) is 0 Å². The topological polar surface area (TPSA) is 130 Å². The molecule has 1 atom stereocenters. The van der Waals surface area contributed by atoms with E-state index in [9.17, 15) is 25.0 Å². The van der Waals surface area contributed by atoms with Crippen molar-refractivity contribution >= 4 is 34.5 Å². The molecule has 2 heterocycles. The van der Waals surface area contributed by atoms with Crippen LogP contribution < -0.4 is 19.6 Å². The molecule has 5 aromatic rings. The number of aromatic nitrogens is 1. The molecule has 0 bridgehead atoms. The fourth-order valence-electron chi connectivity index (χ4n) is 5.72. The number of benzene rings is 4. The third-order valence-electron chi connectivity index (χ3n) is 7.74. The lowest BCUT2D eigenvalue weighted by Crippen LogP contribution is -2.38. The number of fused-ring (bicyclic) bond motifs is 3. The molecule has 2 aliphatic rings. The molecule has 216 valence electrons. The van der Waals surface area contributed by atoms with Crippen molar-refractivity contribution in [3.63, 3.8) is 0 Å². The molecule has 4 aromatic carbocycles. The Morgan fingerprint density at radius 2 is 1.64 bits per heavy atom. The summed E-state index contributed by atoms with van der Waals surface area (Å²) in [5, 5.41) is 22.5. The summed E-state index contributed by atoms with van der Waals surface area (Å²) in [6.07, 6.45) is 3.49. The number of thiazole rings is 1. The number of nitrogens with zero attached hydrogens (tertiary/aromatic N) is 4. The Kier molecular flexibility index (Phi) is 6.71. The number of ether oxygens (including phenoxy) is 1. The van der Waals surface area contributed by atoms with Crippen LogP contribution in [0, 0.1) is 20.2 Å². The van der Waals surface area contributed by atoms with E-state index in [0.29, 0.717) is 15.1 Å². The molecular weight excluding hydrogens is 580 g/mol. The number of nitro benzene ring substituents is 2. The second-order valence-corrected chi connectivity index (χ2v) is 11.4. The number of allylic oxidation sites excluding steroid dienone is 1. The van der Waals surface area contributed by atoms with Crippen molar-refractivity contribution in [3.05, 3.63) is 165 Å². The first-order valence-electron chi connectivity index (χ1n) is 13.8. The molecule has 1 aliphatic carbocycles. The van der Waals surface area contributed by atoms with E-state index in [1.165, 1.54) is 23.0 Å². The maximum atomic E-state index is 13.9. The summed E-state index contributed by atoms with van der Waals surface area (Å²) in [5.41, 5.74) is 5.15. The Labute approximate surface area is 253 Å². The zero-order valence-electron chi connectivity index (χ0n) is 23.0. The molecule has 11 heteroatoms. The van der Waals surface area contributed by atoms with E-state index < -0.39 is 21.2 Å². The second kappa shape index (κ2) is 10.9. The van der Waals surface area contributed by atoms with Gasteiger partial charge in [-0.25, -0.2) is 4.99 Å². The van der Waals surface area contributed by atoms with Crippen LogP contribution in [0.15, 0.2) is 112 Å². The van der Waals surface area contributed by atoms with Gasteiger partial charge < -0.3 is 4.74 Å². The van der Waals surface area contributed by atoms with Gasteiger partial charge in [0.2, 0.25) is 5.75 Å². The average Bonchev–Trinajstić information content (AvgIpc) is 3.35. The van der Waals surface area contributed by atoms with Gasteiger partial charge in [-0.15, -0.1) is 0 Å². The minimum absolute atomic E-state index is 0.117. The van der Waals surface area contributed by atoms with Gasteiger partial charge in [-0.2, -0.15) is 0 Å². The fraction of sp³-hybridized carbons (Fsp3) is 0.0909. The summed E-state index contributed by atoms with van der Waals surface area (Å²) in [7, 11) is 0. The molecule has 0 saturated heterocycles. The van der Waals surface area contributed by atoms with Crippen molar-refractivity contribution in [3.8, 4) is 11.5 Å². The van der Waals surface area contributed by atoms with Gasteiger partial charge in [-0.05, 0) is 59.4 Å². The van der Waals surface area contributed by atoms with E-state index in [-0.39, 0.29) is 17.4 Å². The van der Waals surface area contributed by atoms with Crippen molar-refractivity contribution in [2.75, 3.05) is 0 Å². The zero-order chi connectivity index (χ0) is 30.4. The van der Waals surface area contributed by atoms with E-state index in [1.54, 1.807) is 34.9 Å². The van der Waals surface area contributed by atoms with Gasteiger partial charge in [-0.1, -0.05) is 78.1 Å². The fourth-order valence-corrected chi connectivity index (χ4v) is 6.72. The summed E-state index contributed by atoms with van der Waals surface area (Å²) >= 11 is 1.33. The van der Waals surface area contributed by atoms with Gasteiger partial charge in [0.1, 0.15) is 5.75 Å². The second-order valence-electron chi connectivity index (χ2n) is 10.4. The third-order valence-corrected chi connectivity index (χ3v) is 8.73. The molecule has 0 amide bonds. The number of rotatable bonds is 6. The Morgan fingerprint density at radius 1 is 0.886 bits per heavy atom. The van der Waals surface area contributed by atoms with Crippen LogP contribution in [-0.2, 0) is 6.42 Å². The largest absolute Gasteiger partial charge is 0.450 e. The maximum absolute atomic E-state index is 13.9. The lowest BCUT2D eigenvalue weighted by molar-refractivity contribution is -0.394. The summed E-state index contributed by atoms with van der Waals surface area (Å²) in [6, 6.07) is 28.0. The van der Waals surface area contributed by atoms with Gasteiger partial charge >= 0.3 is 5.69 Å². The highest BCUT2D eigenvalue weighted by Crippen LogP contribution is 2.41. The number of hydrogen-bond acceptors (Lipinski definition) is 8. The van der Waals surface area contributed by atoms with Crippen LogP contribution >= 0.6 is 11.3 Å². The Bertz CT molecular complexity index is 2190. The van der Waals surface area contributed by atoms with Crippen LogP contribution in [0.3, 0.4) is 0 Å². The minimum Gasteiger partial charge on any atom is -0.450 e. The van der Waals surface area contributed by atoms with Crippen molar-refractivity contribution < 1.29 is 14.6 Å². The zero-order valence-corrected chi connectivity index (χ0v) is 23.8. The third kappa shape index (κ3) is 4.78. The molecule has 0 unspecified atom stereocenters. The number of nitro groups is 2. The van der Waals surface area contributed by atoms with Crippen LogP contribution in [0.1, 0.15) is 34.7 Å². The van der Waals surface area contributed by atoms with Crippen LogP contribution in [-0.4, -0.2) is 14.4 Å². The van der Waals surface area contributed by atoms with Crippen molar-refractivity contribution in [2.24, 2.45) is 4.99 Å². The SMILES string of the molecule is O=c1/c(=C\c2ccc(Oc3ccc([N+](=O)[O-])cc3[N+](=O)[O-])cc2)sc2n1[C@@H](c1ccccc1)C1=C(N=2)c2ccccc2CC1. The van der Waals surface area contributed by atoms with Crippen molar-refractivity contribution in [1.29, 1.82) is 0 Å². The first-order valence-corrected chi connectivity index (χ1v) is 14.6. The van der Waals surface area contributed by atoms with E-state index >= 15 is 0 Å². The Hall–Kier alpha value is -5.68. The molecule has 0 fully saturated rings. The molecule has 0 radical (unpaired) electrons. The van der Waals surface area contributed by atoms with Gasteiger partial charge in [0.25, 0.3) is 11.2 Å². The first-order chi connectivity index (χ1) is 21.4. The molecule has 44 heavy (non-hydrogen) atoms. The van der Waals surface area contributed by atoms with E-state index in [1.807, 2.05) is 42.5 Å².